The lowest BCUT2D eigenvalue weighted by molar-refractivity contribution is -0.855. The number of hydrogen-bond donors (Lipinski definition) is 5. The molecule has 4 aliphatic carbocycles. The molecule has 190 valence electrons. The number of carboxylic acid groups (broad SMARTS) is 4. The van der Waals surface area contributed by atoms with E-state index in [0.717, 1.165) is 41.2 Å². The van der Waals surface area contributed by atoms with Crippen LogP contribution in [0.1, 0.15) is 12.8 Å². The molecular weight excluding hydrogens is 466 g/mol. The Balaban J connectivity index is 0.000000304. The van der Waals surface area contributed by atoms with Crippen LogP contribution < -0.4 is 20.4 Å². The molecule has 11 nitrogen and oxygen atoms in total. The fourth-order valence-corrected chi connectivity index (χ4v) is 5.69. The van der Waals surface area contributed by atoms with Crippen molar-refractivity contribution in [2.45, 2.75) is 12.8 Å². The molecule has 0 heterocycles. The van der Waals surface area contributed by atoms with Gasteiger partial charge in [-0.25, -0.2) is 9.59 Å². The maximum atomic E-state index is 9.53. The van der Waals surface area contributed by atoms with E-state index in [1.54, 1.807) is 0 Å². The summed E-state index contributed by atoms with van der Waals surface area (Å²) in [5.74, 6) is 2.71. The normalized spacial score (nSPS) is 25.4. The van der Waals surface area contributed by atoms with Crippen LogP contribution in [0.3, 0.4) is 0 Å². The molecule has 0 saturated heterocycles. The average Bonchev–Trinajstić information content (AvgIpc) is 3.07. The van der Waals surface area contributed by atoms with Crippen molar-refractivity contribution < 1.29 is 49.8 Å². The Morgan fingerprint density at radius 1 is 1.00 bits per heavy atom. The van der Waals surface area contributed by atoms with E-state index in [2.05, 4.69) is 19.4 Å². The lowest BCUT2D eigenvalue weighted by Gasteiger charge is -2.13. The van der Waals surface area contributed by atoms with Crippen LogP contribution in [0.25, 0.3) is 0 Å². The number of quaternary nitrogens is 2. The molecular formula is C22H33N3O8S. The van der Waals surface area contributed by atoms with Gasteiger partial charge in [0.1, 0.15) is 0 Å². The van der Waals surface area contributed by atoms with Gasteiger partial charge in [-0.2, -0.15) is 0 Å². The minimum atomic E-state index is -1.51. The molecule has 0 aromatic rings. The van der Waals surface area contributed by atoms with Crippen LogP contribution in [0.4, 0.5) is 0 Å². The van der Waals surface area contributed by atoms with Gasteiger partial charge in [-0.15, -0.1) is 11.8 Å². The maximum absolute atomic E-state index is 9.53. The summed E-state index contributed by atoms with van der Waals surface area (Å²) in [4.78, 5) is 39.4. The van der Waals surface area contributed by atoms with Gasteiger partial charge in [0.25, 0.3) is 0 Å². The standard InChI is InChI=1S/C14H25N3S.2C4H4O4/c1-17(2)3-4-18-8-13(15)16-7-12-9-5-10-11(6-9)14(10)12;2*5-3(6)1-2-4(7)8/h9-12,14H,3-8H2,1-2H3,(H2,15,16);2*1-2H,(H,5,6)(H,7,8)/b;2*2-1+. The minimum Gasteiger partial charge on any atom is -0.545 e. The third-order valence-electron chi connectivity index (χ3n) is 6.01. The van der Waals surface area contributed by atoms with Crippen LogP contribution in [0.2, 0.25) is 0 Å². The fourth-order valence-electron chi connectivity index (χ4n) is 4.66. The van der Waals surface area contributed by atoms with Gasteiger partial charge in [0.05, 0.1) is 44.9 Å². The highest BCUT2D eigenvalue weighted by Crippen LogP contribution is 2.72. The van der Waals surface area contributed by atoms with E-state index in [0.29, 0.717) is 24.3 Å². The highest BCUT2D eigenvalue weighted by molar-refractivity contribution is 7.99. The predicted molar refractivity (Wildman–Crippen MR) is 120 cm³/mol. The second kappa shape index (κ2) is 14.5. The SMILES string of the molecule is C[NH+](C)CCSCC(=N)[NH2+]CC1C2CC3C(C2)C13.O=C([O-])/C=C/C(=O)O.O=C([O-])/C=C/C(=O)O. The first kappa shape index (κ1) is 29.3. The van der Waals surface area contributed by atoms with Crippen molar-refractivity contribution in [2.24, 2.45) is 29.6 Å². The van der Waals surface area contributed by atoms with Crippen molar-refractivity contribution in [1.82, 2.24) is 0 Å². The molecule has 4 aliphatic rings. The number of carboxylic acids is 4. The molecule has 0 aromatic heterocycles. The lowest BCUT2D eigenvalue weighted by atomic mass is 9.98. The zero-order valence-corrected chi connectivity index (χ0v) is 20.1. The Morgan fingerprint density at radius 2 is 1.50 bits per heavy atom. The third kappa shape index (κ3) is 11.4. The molecule has 4 fully saturated rings. The van der Waals surface area contributed by atoms with Gasteiger partial charge >= 0.3 is 11.9 Å². The van der Waals surface area contributed by atoms with Crippen LogP contribution in [0.5, 0.6) is 0 Å². The third-order valence-corrected chi connectivity index (χ3v) is 7.02. The largest absolute Gasteiger partial charge is 0.545 e. The van der Waals surface area contributed by atoms with Gasteiger partial charge in [-0.05, 0) is 48.7 Å². The Hall–Kier alpha value is -2.70. The molecule has 4 bridgehead atoms. The Labute approximate surface area is 202 Å². The molecule has 4 rings (SSSR count). The summed E-state index contributed by atoms with van der Waals surface area (Å²) < 4.78 is 0. The average molecular weight is 500 g/mol. The first-order chi connectivity index (χ1) is 15.9. The van der Waals surface area contributed by atoms with Crippen molar-refractivity contribution in [2.75, 3.05) is 38.7 Å². The van der Waals surface area contributed by atoms with Gasteiger partial charge in [0.15, 0.2) is 0 Å². The van der Waals surface area contributed by atoms with E-state index in [4.69, 9.17) is 15.6 Å². The Morgan fingerprint density at radius 3 is 1.82 bits per heavy atom. The summed E-state index contributed by atoms with van der Waals surface area (Å²) in [6, 6.07) is 0. The quantitative estimate of drug-likeness (QED) is 0.0814. The van der Waals surface area contributed by atoms with E-state index in [9.17, 15) is 29.4 Å². The van der Waals surface area contributed by atoms with Crippen LogP contribution >= 0.6 is 11.8 Å². The highest BCUT2D eigenvalue weighted by atomic mass is 32.2. The van der Waals surface area contributed by atoms with E-state index < -0.39 is 23.9 Å². The lowest BCUT2D eigenvalue weighted by Crippen LogP contribution is -3.06. The van der Waals surface area contributed by atoms with E-state index in [-0.39, 0.29) is 0 Å². The van der Waals surface area contributed by atoms with Crippen LogP contribution in [0, 0.1) is 35.0 Å². The van der Waals surface area contributed by atoms with Crippen molar-refractivity contribution in [3.63, 3.8) is 0 Å². The van der Waals surface area contributed by atoms with Crippen molar-refractivity contribution >= 4 is 41.5 Å². The highest BCUT2D eigenvalue weighted by Gasteiger charge is 2.68. The summed E-state index contributed by atoms with van der Waals surface area (Å²) >= 11 is 1.92. The van der Waals surface area contributed by atoms with Gasteiger partial charge < -0.3 is 40.2 Å². The van der Waals surface area contributed by atoms with Crippen molar-refractivity contribution in [3.05, 3.63) is 24.3 Å². The summed E-state index contributed by atoms with van der Waals surface area (Å²) in [5.41, 5.74) is 0. The van der Waals surface area contributed by atoms with Gasteiger partial charge in [0, 0.05) is 23.8 Å². The molecule has 6 N–H and O–H groups in total. The zero-order chi connectivity index (χ0) is 25.8. The number of thioether (sulfide) groups is 1. The van der Waals surface area contributed by atoms with Crippen LogP contribution in [0.15, 0.2) is 24.3 Å². The first-order valence-electron chi connectivity index (χ1n) is 10.9. The second-order valence-corrected chi connectivity index (χ2v) is 9.86. The number of hydrogen-bond acceptors (Lipinski definition) is 8. The molecule has 34 heavy (non-hydrogen) atoms. The summed E-state index contributed by atoms with van der Waals surface area (Å²) in [5, 5.41) is 44.7. The van der Waals surface area contributed by atoms with Gasteiger partial charge in [-0.3, -0.25) is 5.41 Å². The number of nitrogens with two attached hydrogens (primary N) is 1. The van der Waals surface area contributed by atoms with E-state index in [1.165, 1.54) is 36.6 Å². The predicted octanol–water partition coefficient (Wildman–Crippen LogP) is -3.94. The molecule has 3 atom stereocenters. The smallest absolute Gasteiger partial charge is 0.328 e. The van der Waals surface area contributed by atoms with Crippen molar-refractivity contribution in [1.29, 1.82) is 5.41 Å². The monoisotopic (exact) mass is 499 g/mol. The molecule has 0 spiro atoms. The molecule has 0 aromatic carbocycles. The zero-order valence-electron chi connectivity index (χ0n) is 19.3. The number of aliphatic carboxylic acids is 4. The van der Waals surface area contributed by atoms with Gasteiger partial charge in [0.2, 0.25) is 5.84 Å². The second-order valence-electron chi connectivity index (χ2n) is 8.76. The number of amidine groups is 1. The first-order valence-corrected chi connectivity index (χ1v) is 12.1. The molecule has 0 radical (unpaired) electrons. The van der Waals surface area contributed by atoms with Gasteiger partial charge in [-0.1, -0.05) is 0 Å². The number of carbonyl (C=O) groups excluding carboxylic acids is 2. The molecule has 4 saturated carbocycles. The topological polar surface area (TPSA) is 200 Å². The van der Waals surface area contributed by atoms with E-state index in [1.807, 2.05) is 11.8 Å². The molecule has 12 heteroatoms. The molecule has 0 aliphatic heterocycles. The van der Waals surface area contributed by atoms with Crippen LogP contribution in [-0.4, -0.2) is 78.6 Å². The number of rotatable bonds is 11. The molecule has 3 unspecified atom stereocenters. The van der Waals surface area contributed by atoms with E-state index >= 15 is 0 Å². The maximum Gasteiger partial charge on any atom is 0.328 e. The number of nitrogens with one attached hydrogen (secondary N) is 2. The van der Waals surface area contributed by atoms with Crippen LogP contribution in [-0.2, 0) is 19.2 Å². The fraction of sp³-hybridized carbons (Fsp3) is 0.591. The summed E-state index contributed by atoms with van der Waals surface area (Å²) in [7, 11) is 4.38. The van der Waals surface area contributed by atoms with Crippen molar-refractivity contribution in [3.8, 4) is 0 Å². The Kier molecular flexibility index (Phi) is 12.5. The number of carbonyl (C=O) groups is 4. The Bertz CT molecular complexity index is 734. The molecule has 0 amide bonds. The summed E-state index contributed by atoms with van der Waals surface area (Å²) in [6.07, 6.45) is 4.94. The summed E-state index contributed by atoms with van der Waals surface area (Å²) in [6.45, 7) is 2.41. The minimum absolute atomic E-state index is 0.447.